The summed E-state index contributed by atoms with van der Waals surface area (Å²) in [6.45, 7) is -0.449. The van der Waals surface area contributed by atoms with E-state index in [-0.39, 0.29) is 11.3 Å². The van der Waals surface area contributed by atoms with E-state index in [2.05, 4.69) is 9.72 Å². The fraction of sp³-hybridized carbons (Fsp3) is 0.333. The molecule has 0 radical (unpaired) electrons. The Labute approximate surface area is 98.8 Å². The third-order valence-corrected chi connectivity index (χ3v) is 1.94. The van der Waals surface area contributed by atoms with Crippen LogP contribution in [-0.2, 0) is 17.8 Å². The van der Waals surface area contributed by atoms with E-state index >= 15 is 0 Å². The lowest BCUT2D eigenvalue weighted by molar-refractivity contribution is -0.275. The molecule has 0 aliphatic heterocycles. The van der Waals surface area contributed by atoms with Crippen LogP contribution in [0.5, 0.6) is 11.5 Å². The summed E-state index contributed by atoms with van der Waals surface area (Å²) in [5, 5.41) is 17.8. The summed E-state index contributed by atoms with van der Waals surface area (Å²) >= 11 is 0. The predicted molar refractivity (Wildman–Crippen MR) is 51.8 cm³/mol. The number of hydrogen-bond donors (Lipinski definition) is 3. The first-order valence-electron chi connectivity index (χ1n) is 4.62. The fourth-order valence-electron chi connectivity index (χ4n) is 1.30. The molecule has 1 rings (SSSR count). The summed E-state index contributed by atoms with van der Waals surface area (Å²) in [6.07, 6.45) is -4.97. The highest BCUT2D eigenvalue weighted by Crippen LogP contribution is 2.35. The molecule has 4 N–H and O–H groups in total. The molecule has 0 aromatic carbocycles. The van der Waals surface area contributed by atoms with Crippen LogP contribution in [0.3, 0.4) is 0 Å². The number of pyridine rings is 1. The Kier molecular flexibility index (Phi) is 3.96. The normalized spacial score (nSPS) is 11.3. The zero-order chi connectivity index (χ0) is 13.9. The topological polar surface area (TPSA) is 106 Å². The van der Waals surface area contributed by atoms with Gasteiger partial charge in [0.15, 0.2) is 11.5 Å². The van der Waals surface area contributed by atoms with Crippen LogP contribution in [0.1, 0.15) is 11.3 Å². The molecular formula is C9H9F3N2O4. The number of halogens is 3. The van der Waals surface area contributed by atoms with Crippen molar-refractivity contribution in [2.24, 2.45) is 5.73 Å². The molecule has 0 amide bonds. The van der Waals surface area contributed by atoms with Crippen molar-refractivity contribution < 1.29 is 32.9 Å². The lowest BCUT2D eigenvalue weighted by Gasteiger charge is -2.15. The van der Waals surface area contributed by atoms with Gasteiger partial charge in [0.1, 0.15) is 0 Å². The SMILES string of the molecule is NCc1c(CC(=O)O)ncc(O)c1OC(F)(F)F. The summed E-state index contributed by atoms with van der Waals surface area (Å²) < 4.78 is 40.0. The van der Waals surface area contributed by atoms with Gasteiger partial charge in [-0.3, -0.25) is 9.78 Å². The number of aromatic hydroxyl groups is 1. The maximum atomic E-state index is 12.1. The van der Waals surface area contributed by atoms with E-state index in [9.17, 15) is 23.1 Å². The van der Waals surface area contributed by atoms with Gasteiger partial charge in [0, 0.05) is 12.1 Å². The van der Waals surface area contributed by atoms with E-state index in [1.807, 2.05) is 0 Å². The van der Waals surface area contributed by atoms with Crippen molar-refractivity contribution in [3.8, 4) is 11.5 Å². The Morgan fingerprint density at radius 2 is 2.11 bits per heavy atom. The number of rotatable bonds is 4. The van der Waals surface area contributed by atoms with Crippen LogP contribution < -0.4 is 10.5 Å². The molecule has 0 saturated heterocycles. The van der Waals surface area contributed by atoms with E-state index in [0.717, 1.165) is 0 Å². The van der Waals surface area contributed by atoms with Crippen molar-refractivity contribution >= 4 is 5.97 Å². The molecule has 0 saturated carbocycles. The van der Waals surface area contributed by atoms with Crippen LogP contribution in [0.15, 0.2) is 6.20 Å². The number of carboxylic acids is 1. The van der Waals surface area contributed by atoms with Crippen molar-refractivity contribution in [1.29, 1.82) is 0 Å². The second kappa shape index (κ2) is 5.08. The molecule has 18 heavy (non-hydrogen) atoms. The van der Waals surface area contributed by atoms with Gasteiger partial charge in [-0.05, 0) is 0 Å². The van der Waals surface area contributed by atoms with Gasteiger partial charge < -0.3 is 20.7 Å². The van der Waals surface area contributed by atoms with E-state index in [1.165, 1.54) is 0 Å². The van der Waals surface area contributed by atoms with Crippen LogP contribution in [0.25, 0.3) is 0 Å². The number of alkyl halides is 3. The lowest BCUT2D eigenvalue weighted by atomic mass is 10.1. The third-order valence-electron chi connectivity index (χ3n) is 1.94. The first-order valence-corrected chi connectivity index (χ1v) is 4.62. The number of ether oxygens (including phenoxy) is 1. The van der Waals surface area contributed by atoms with Crippen LogP contribution in [0.4, 0.5) is 13.2 Å². The van der Waals surface area contributed by atoms with E-state index in [1.54, 1.807) is 0 Å². The first-order chi connectivity index (χ1) is 8.24. The van der Waals surface area contributed by atoms with E-state index in [0.29, 0.717) is 6.20 Å². The van der Waals surface area contributed by atoms with Gasteiger partial charge >= 0.3 is 12.3 Å². The molecule has 1 heterocycles. The smallest absolute Gasteiger partial charge is 0.503 e. The molecule has 1 aromatic heterocycles. The molecular weight excluding hydrogens is 257 g/mol. The molecule has 0 aliphatic carbocycles. The van der Waals surface area contributed by atoms with Gasteiger partial charge in [0.05, 0.1) is 18.3 Å². The number of carbonyl (C=O) groups is 1. The number of hydrogen-bond acceptors (Lipinski definition) is 5. The number of aromatic nitrogens is 1. The summed E-state index contributed by atoms with van der Waals surface area (Å²) in [5.74, 6) is -3.07. The minimum Gasteiger partial charge on any atom is -0.503 e. The molecule has 100 valence electrons. The number of nitrogens with zero attached hydrogens (tertiary/aromatic N) is 1. The van der Waals surface area contributed by atoms with Gasteiger partial charge in [-0.25, -0.2) is 0 Å². The molecule has 6 nitrogen and oxygen atoms in total. The summed E-state index contributed by atoms with van der Waals surface area (Å²) in [7, 11) is 0. The van der Waals surface area contributed by atoms with Crippen molar-refractivity contribution in [3.05, 3.63) is 17.5 Å². The monoisotopic (exact) mass is 266 g/mol. The average Bonchev–Trinajstić information content (AvgIpc) is 2.20. The number of carboxylic acid groups (broad SMARTS) is 1. The van der Waals surface area contributed by atoms with Gasteiger partial charge in [-0.15, -0.1) is 13.2 Å². The highest BCUT2D eigenvalue weighted by atomic mass is 19.4. The van der Waals surface area contributed by atoms with Gasteiger partial charge in [0.2, 0.25) is 0 Å². The van der Waals surface area contributed by atoms with E-state index in [4.69, 9.17) is 10.8 Å². The first kappa shape index (κ1) is 14.0. The summed E-state index contributed by atoms with van der Waals surface area (Å²) in [5.41, 5.74) is 4.73. The second-order valence-electron chi connectivity index (χ2n) is 3.22. The molecule has 0 atom stereocenters. The average molecular weight is 266 g/mol. The molecule has 9 heteroatoms. The van der Waals surface area contributed by atoms with Gasteiger partial charge in [0.25, 0.3) is 0 Å². The van der Waals surface area contributed by atoms with Crippen LogP contribution >= 0.6 is 0 Å². The van der Waals surface area contributed by atoms with Crippen molar-refractivity contribution in [3.63, 3.8) is 0 Å². The third kappa shape index (κ3) is 3.48. The van der Waals surface area contributed by atoms with Crippen molar-refractivity contribution in [1.82, 2.24) is 4.98 Å². The van der Waals surface area contributed by atoms with Crippen LogP contribution in [0.2, 0.25) is 0 Å². The zero-order valence-electron chi connectivity index (χ0n) is 8.86. The predicted octanol–water partition coefficient (Wildman–Crippen LogP) is 0.772. The summed E-state index contributed by atoms with van der Waals surface area (Å²) in [4.78, 5) is 14.0. The lowest BCUT2D eigenvalue weighted by Crippen LogP contribution is -2.20. The van der Waals surface area contributed by atoms with E-state index < -0.39 is 36.8 Å². The van der Waals surface area contributed by atoms with Crippen LogP contribution in [-0.4, -0.2) is 27.5 Å². The quantitative estimate of drug-likeness (QED) is 0.743. The maximum absolute atomic E-state index is 12.1. The fourth-order valence-corrected chi connectivity index (χ4v) is 1.30. The molecule has 0 unspecified atom stereocenters. The largest absolute Gasteiger partial charge is 0.573 e. The molecule has 0 fully saturated rings. The Morgan fingerprint density at radius 3 is 2.56 bits per heavy atom. The minimum absolute atomic E-state index is 0.193. The highest BCUT2D eigenvalue weighted by Gasteiger charge is 2.34. The Morgan fingerprint density at radius 1 is 1.50 bits per heavy atom. The molecule has 1 aromatic rings. The maximum Gasteiger partial charge on any atom is 0.573 e. The Bertz CT molecular complexity index is 462. The standard InChI is InChI=1S/C9H9F3N2O4/c10-9(11,12)18-8-4(2-13)5(1-7(16)17)14-3-6(8)15/h3,15H,1-2,13H2,(H,16,17). The second-order valence-corrected chi connectivity index (χ2v) is 3.22. The van der Waals surface area contributed by atoms with Crippen LogP contribution in [0, 0.1) is 0 Å². The van der Waals surface area contributed by atoms with Crippen molar-refractivity contribution in [2.75, 3.05) is 0 Å². The zero-order valence-corrected chi connectivity index (χ0v) is 8.86. The Balaban J connectivity index is 3.25. The highest BCUT2D eigenvalue weighted by molar-refractivity contribution is 5.70. The number of aliphatic carboxylic acids is 1. The molecule has 0 spiro atoms. The van der Waals surface area contributed by atoms with Gasteiger partial charge in [-0.2, -0.15) is 0 Å². The molecule has 0 bridgehead atoms. The summed E-state index contributed by atoms with van der Waals surface area (Å²) in [6, 6.07) is 0. The van der Waals surface area contributed by atoms with Gasteiger partial charge in [-0.1, -0.05) is 0 Å². The van der Waals surface area contributed by atoms with Crippen molar-refractivity contribution in [2.45, 2.75) is 19.3 Å². The minimum atomic E-state index is -5.02. The Hall–Kier alpha value is -2.03. The molecule has 0 aliphatic rings. The number of nitrogens with two attached hydrogens (primary N) is 1.